The molecular formula is C9H13N5S. The standard InChI is InChI=1S/C9H13N5S/c1-6-7(2)14(5-11-6)4-8-12-13-9(10-3)15-8/h5H,4H2,1-3H3,(H,10,13). The number of hydrogen-bond donors (Lipinski definition) is 1. The highest BCUT2D eigenvalue weighted by Crippen LogP contribution is 2.16. The molecule has 0 aliphatic heterocycles. The van der Waals surface area contributed by atoms with Gasteiger partial charge in [0.25, 0.3) is 0 Å². The number of aryl methyl sites for hydroxylation is 1. The van der Waals surface area contributed by atoms with Gasteiger partial charge in [0.2, 0.25) is 5.13 Å². The molecule has 0 spiro atoms. The van der Waals surface area contributed by atoms with Crippen molar-refractivity contribution in [3.8, 4) is 0 Å². The van der Waals surface area contributed by atoms with E-state index in [4.69, 9.17) is 0 Å². The lowest BCUT2D eigenvalue weighted by Crippen LogP contribution is -2.00. The highest BCUT2D eigenvalue weighted by molar-refractivity contribution is 7.15. The van der Waals surface area contributed by atoms with E-state index in [1.165, 1.54) is 5.69 Å². The van der Waals surface area contributed by atoms with Crippen LogP contribution in [0.2, 0.25) is 0 Å². The van der Waals surface area contributed by atoms with Crippen LogP contribution in [0.1, 0.15) is 16.4 Å². The van der Waals surface area contributed by atoms with Gasteiger partial charge in [-0.15, -0.1) is 10.2 Å². The zero-order valence-corrected chi connectivity index (χ0v) is 9.80. The Hall–Kier alpha value is -1.43. The second kappa shape index (κ2) is 3.98. The second-order valence-electron chi connectivity index (χ2n) is 3.29. The number of hydrogen-bond acceptors (Lipinski definition) is 5. The first kappa shape index (κ1) is 10.1. The second-order valence-corrected chi connectivity index (χ2v) is 4.36. The quantitative estimate of drug-likeness (QED) is 0.855. The molecule has 2 aromatic heterocycles. The fourth-order valence-electron chi connectivity index (χ4n) is 1.27. The largest absolute Gasteiger partial charge is 0.363 e. The number of imidazole rings is 1. The summed E-state index contributed by atoms with van der Waals surface area (Å²) in [5.74, 6) is 0. The maximum atomic E-state index is 4.24. The summed E-state index contributed by atoms with van der Waals surface area (Å²) in [7, 11) is 1.84. The molecule has 0 saturated heterocycles. The van der Waals surface area contributed by atoms with E-state index in [-0.39, 0.29) is 0 Å². The van der Waals surface area contributed by atoms with Gasteiger partial charge in [-0.1, -0.05) is 11.3 Å². The van der Waals surface area contributed by atoms with Crippen molar-refractivity contribution < 1.29 is 0 Å². The maximum Gasteiger partial charge on any atom is 0.205 e. The topological polar surface area (TPSA) is 55.6 Å². The van der Waals surface area contributed by atoms with Crippen LogP contribution in [0.3, 0.4) is 0 Å². The number of anilines is 1. The molecule has 0 aliphatic carbocycles. The molecule has 0 saturated carbocycles. The first-order valence-corrected chi connectivity index (χ1v) is 5.51. The van der Waals surface area contributed by atoms with E-state index < -0.39 is 0 Å². The Morgan fingerprint density at radius 1 is 1.40 bits per heavy atom. The van der Waals surface area contributed by atoms with Crippen LogP contribution in [0, 0.1) is 13.8 Å². The third-order valence-electron chi connectivity index (χ3n) is 2.33. The Labute approximate surface area is 92.2 Å². The summed E-state index contributed by atoms with van der Waals surface area (Å²) < 4.78 is 2.08. The molecule has 0 atom stereocenters. The van der Waals surface area contributed by atoms with Crippen molar-refractivity contribution in [1.29, 1.82) is 0 Å². The lowest BCUT2D eigenvalue weighted by atomic mass is 10.4. The van der Waals surface area contributed by atoms with E-state index in [1.54, 1.807) is 11.3 Å². The molecule has 6 heteroatoms. The molecule has 0 unspecified atom stereocenters. The van der Waals surface area contributed by atoms with Gasteiger partial charge in [-0.2, -0.15) is 0 Å². The van der Waals surface area contributed by atoms with Crippen LogP contribution in [0.5, 0.6) is 0 Å². The summed E-state index contributed by atoms with van der Waals surface area (Å²) in [6.07, 6.45) is 1.84. The SMILES string of the molecule is CNc1nnc(Cn2cnc(C)c2C)s1. The molecule has 2 aromatic rings. The minimum atomic E-state index is 0.742. The molecule has 0 bridgehead atoms. The van der Waals surface area contributed by atoms with Gasteiger partial charge < -0.3 is 9.88 Å². The van der Waals surface area contributed by atoms with Crippen molar-refractivity contribution in [2.45, 2.75) is 20.4 Å². The Bertz CT molecular complexity index is 459. The van der Waals surface area contributed by atoms with E-state index in [2.05, 4.69) is 32.0 Å². The van der Waals surface area contributed by atoms with Crippen molar-refractivity contribution in [2.75, 3.05) is 12.4 Å². The van der Waals surface area contributed by atoms with Crippen LogP contribution in [0.15, 0.2) is 6.33 Å². The van der Waals surface area contributed by atoms with Crippen molar-refractivity contribution in [3.05, 3.63) is 22.7 Å². The van der Waals surface area contributed by atoms with Crippen LogP contribution >= 0.6 is 11.3 Å². The van der Waals surface area contributed by atoms with Crippen LogP contribution in [-0.4, -0.2) is 26.8 Å². The molecular weight excluding hydrogens is 210 g/mol. The van der Waals surface area contributed by atoms with Crippen LogP contribution in [-0.2, 0) is 6.54 Å². The van der Waals surface area contributed by atoms with Gasteiger partial charge in [-0.05, 0) is 13.8 Å². The number of aromatic nitrogens is 4. The third kappa shape index (κ3) is 1.99. The summed E-state index contributed by atoms with van der Waals surface area (Å²) >= 11 is 1.56. The molecule has 80 valence electrons. The molecule has 0 amide bonds. The zero-order valence-electron chi connectivity index (χ0n) is 8.98. The predicted octanol–water partition coefficient (Wildman–Crippen LogP) is 1.44. The molecule has 2 rings (SSSR count). The van der Waals surface area contributed by atoms with E-state index in [9.17, 15) is 0 Å². The van der Waals surface area contributed by atoms with E-state index >= 15 is 0 Å². The average Bonchev–Trinajstić information content (AvgIpc) is 2.80. The van der Waals surface area contributed by atoms with Gasteiger partial charge in [-0.25, -0.2) is 4.98 Å². The van der Waals surface area contributed by atoms with Crippen LogP contribution in [0.4, 0.5) is 5.13 Å². The summed E-state index contributed by atoms with van der Waals surface area (Å²) in [4.78, 5) is 4.24. The van der Waals surface area contributed by atoms with Crippen molar-refractivity contribution in [1.82, 2.24) is 19.7 Å². The van der Waals surface area contributed by atoms with Gasteiger partial charge in [0.15, 0.2) is 0 Å². The molecule has 15 heavy (non-hydrogen) atoms. The maximum absolute atomic E-state index is 4.24. The molecule has 0 radical (unpaired) electrons. The number of nitrogens with zero attached hydrogens (tertiary/aromatic N) is 4. The van der Waals surface area contributed by atoms with Crippen LogP contribution in [0.25, 0.3) is 0 Å². The fourth-order valence-corrected chi connectivity index (χ4v) is 1.96. The van der Waals surface area contributed by atoms with Crippen molar-refractivity contribution >= 4 is 16.5 Å². The van der Waals surface area contributed by atoms with E-state index in [0.29, 0.717) is 0 Å². The zero-order chi connectivity index (χ0) is 10.8. The summed E-state index contributed by atoms with van der Waals surface area (Å²) in [6, 6.07) is 0. The molecule has 0 aromatic carbocycles. The smallest absolute Gasteiger partial charge is 0.205 e. The molecule has 0 aliphatic rings. The molecule has 5 nitrogen and oxygen atoms in total. The molecule has 0 fully saturated rings. The van der Waals surface area contributed by atoms with E-state index in [0.717, 1.165) is 22.4 Å². The van der Waals surface area contributed by atoms with Crippen molar-refractivity contribution in [2.24, 2.45) is 0 Å². The third-order valence-corrected chi connectivity index (χ3v) is 3.26. The minimum absolute atomic E-state index is 0.742. The van der Waals surface area contributed by atoms with Gasteiger partial charge in [0.05, 0.1) is 18.6 Å². The number of nitrogens with one attached hydrogen (secondary N) is 1. The Balaban J connectivity index is 2.18. The lowest BCUT2D eigenvalue weighted by molar-refractivity contribution is 0.752. The monoisotopic (exact) mass is 223 g/mol. The first-order valence-electron chi connectivity index (χ1n) is 4.69. The van der Waals surface area contributed by atoms with Gasteiger partial charge >= 0.3 is 0 Å². The Kier molecular flexibility index (Phi) is 2.68. The Morgan fingerprint density at radius 2 is 2.20 bits per heavy atom. The van der Waals surface area contributed by atoms with Gasteiger partial charge in [0.1, 0.15) is 5.01 Å². The summed E-state index contributed by atoms with van der Waals surface area (Å²) in [5, 5.41) is 12.9. The summed E-state index contributed by atoms with van der Waals surface area (Å²) in [5.41, 5.74) is 2.24. The number of rotatable bonds is 3. The highest BCUT2D eigenvalue weighted by Gasteiger charge is 2.06. The van der Waals surface area contributed by atoms with Gasteiger partial charge in [0, 0.05) is 12.7 Å². The fraction of sp³-hybridized carbons (Fsp3) is 0.444. The normalized spacial score (nSPS) is 10.6. The predicted molar refractivity (Wildman–Crippen MR) is 60.3 cm³/mol. The minimum Gasteiger partial charge on any atom is -0.363 e. The highest BCUT2D eigenvalue weighted by atomic mass is 32.1. The average molecular weight is 223 g/mol. The van der Waals surface area contributed by atoms with E-state index in [1.807, 2.05) is 20.3 Å². The molecule has 1 N–H and O–H groups in total. The van der Waals surface area contributed by atoms with Crippen molar-refractivity contribution in [3.63, 3.8) is 0 Å². The first-order chi connectivity index (χ1) is 7.20. The molecule has 2 heterocycles. The lowest BCUT2D eigenvalue weighted by Gasteiger charge is -2.00. The summed E-state index contributed by atoms with van der Waals surface area (Å²) in [6.45, 7) is 4.80. The van der Waals surface area contributed by atoms with Crippen LogP contribution < -0.4 is 5.32 Å². The van der Waals surface area contributed by atoms with Gasteiger partial charge in [-0.3, -0.25) is 0 Å². The Morgan fingerprint density at radius 3 is 2.73 bits per heavy atom.